The van der Waals surface area contributed by atoms with Gasteiger partial charge in [0.25, 0.3) is 0 Å². The third kappa shape index (κ3) is 1.98. The molecule has 0 fully saturated rings. The fourth-order valence-electron chi connectivity index (χ4n) is 4.02. The van der Waals surface area contributed by atoms with Crippen molar-refractivity contribution in [3.63, 3.8) is 0 Å². The molecule has 4 rings (SSSR count). The first-order valence-electron chi connectivity index (χ1n) is 7.86. The van der Waals surface area contributed by atoms with Crippen LogP contribution >= 0.6 is 0 Å². The van der Waals surface area contributed by atoms with Gasteiger partial charge in [-0.05, 0) is 61.9 Å². The van der Waals surface area contributed by atoms with E-state index in [0.717, 1.165) is 18.6 Å². The van der Waals surface area contributed by atoms with E-state index in [-0.39, 0.29) is 5.60 Å². The number of fused-ring (bicyclic) bond motifs is 2. The summed E-state index contributed by atoms with van der Waals surface area (Å²) in [7, 11) is 0. The molecule has 1 nitrogen and oxygen atoms in total. The van der Waals surface area contributed by atoms with Gasteiger partial charge in [0.05, 0.1) is 0 Å². The van der Waals surface area contributed by atoms with Crippen LogP contribution in [0.15, 0.2) is 30.3 Å². The number of para-hydroxylation sites is 1. The Morgan fingerprint density at radius 1 is 1.24 bits per heavy atom. The molecule has 0 saturated carbocycles. The molecule has 2 aromatic carbocycles. The van der Waals surface area contributed by atoms with Crippen LogP contribution in [0.25, 0.3) is 0 Å². The SMILES string of the molecule is Cc1cc[c]c2c1C(c1cccc3c1OC(C)(C)C3)CC2. The number of hydrogen-bond donors (Lipinski definition) is 0. The molecule has 1 unspecified atom stereocenters. The van der Waals surface area contributed by atoms with E-state index in [1.165, 1.54) is 34.2 Å². The minimum absolute atomic E-state index is 0.0717. The maximum atomic E-state index is 6.28. The fourth-order valence-corrected chi connectivity index (χ4v) is 4.02. The summed E-state index contributed by atoms with van der Waals surface area (Å²) < 4.78 is 6.28. The smallest absolute Gasteiger partial charge is 0.127 e. The van der Waals surface area contributed by atoms with E-state index in [1.807, 2.05) is 0 Å². The largest absolute Gasteiger partial charge is 0.487 e. The van der Waals surface area contributed by atoms with Crippen molar-refractivity contribution >= 4 is 0 Å². The first-order valence-corrected chi connectivity index (χ1v) is 7.86. The Morgan fingerprint density at radius 3 is 2.95 bits per heavy atom. The van der Waals surface area contributed by atoms with Crippen molar-refractivity contribution in [2.45, 2.75) is 51.6 Å². The van der Waals surface area contributed by atoms with Crippen molar-refractivity contribution in [3.05, 3.63) is 64.2 Å². The number of rotatable bonds is 1. The topological polar surface area (TPSA) is 9.23 Å². The van der Waals surface area contributed by atoms with Gasteiger partial charge in [0, 0.05) is 17.9 Å². The maximum absolute atomic E-state index is 6.28. The van der Waals surface area contributed by atoms with Crippen molar-refractivity contribution in [2.75, 3.05) is 0 Å². The van der Waals surface area contributed by atoms with E-state index in [0.29, 0.717) is 5.92 Å². The Bertz CT molecular complexity index is 712. The summed E-state index contributed by atoms with van der Waals surface area (Å²) >= 11 is 0. The first kappa shape index (κ1) is 12.9. The first-order chi connectivity index (χ1) is 10.1. The van der Waals surface area contributed by atoms with Crippen LogP contribution in [0.1, 0.15) is 54.0 Å². The molecular formula is C20H21O. The van der Waals surface area contributed by atoms with Crippen LogP contribution in [0.4, 0.5) is 0 Å². The van der Waals surface area contributed by atoms with Gasteiger partial charge in [0.1, 0.15) is 11.4 Å². The molecule has 0 amide bonds. The Kier molecular flexibility index (Phi) is 2.69. The number of benzene rings is 2. The minimum Gasteiger partial charge on any atom is -0.487 e. The van der Waals surface area contributed by atoms with Crippen LogP contribution in [-0.2, 0) is 12.8 Å². The Balaban J connectivity index is 1.84. The summed E-state index contributed by atoms with van der Waals surface area (Å²) in [6.07, 6.45) is 3.32. The zero-order valence-corrected chi connectivity index (χ0v) is 13.0. The summed E-state index contributed by atoms with van der Waals surface area (Å²) in [5.41, 5.74) is 6.94. The predicted molar refractivity (Wildman–Crippen MR) is 85.0 cm³/mol. The van der Waals surface area contributed by atoms with Gasteiger partial charge >= 0.3 is 0 Å². The van der Waals surface area contributed by atoms with Crippen LogP contribution in [0.3, 0.4) is 0 Å². The van der Waals surface area contributed by atoms with Gasteiger partial charge in [-0.25, -0.2) is 0 Å². The number of ether oxygens (including phenoxy) is 1. The normalized spacial score (nSPS) is 21.8. The molecule has 0 bridgehead atoms. The lowest BCUT2D eigenvalue weighted by molar-refractivity contribution is 0.137. The van der Waals surface area contributed by atoms with E-state index in [9.17, 15) is 0 Å². The lowest BCUT2D eigenvalue weighted by Crippen LogP contribution is -2.25. The second kappa shape index (κ2) is 4.37. The number of hydrogen-bond acceptors (Lipinski definition) is 1. The average molecular weight is 277 g/mol. The Labute approximate surface area is 127 Å². The Hall–Kier alpha value is -1.76. The van der Waals surface area contributed by atoms with Crippen LogP contribution in [0.2, 0.25) is 0 Å². The molecule has 0 spiro atoms. The molecule has 1 heteroatoms. The van der Waals surface area contributed by atoms with Crippen molar-refractivity contribution in [1.82, 2.24) is 0 Å². The lowest BCUT2D eigenvalue weighted by atomic mass is 9.88. The molecule has 0 N–H and O–H groups in total. The minimum atomic E-state index is -0.0717. The van der Waals surface area contributed by atoms with Crippen molar-refractivity contribution in [3.8, 4) is 5.75 Å². The zero-order valence-electron chi connectivity index (χ0n) is 13.0. The molecule has 107 valence electrons. The lowest BCUT2D eigenvalue weighted by Gasteiger charge is -2.21. The van der Waals surface area contributed by atoms with Gasteiger partial charge < -0.3 is 4.74 Å². The van der Waals surface area contributed by atoms with Crippen molar-refractivity contribution < 1.29 is 4.74 Å². The van der Waals surface area contributed by atoms with Crippen molar-refractivity contribution in [1.29, 1.82) is 0 Å². The van der Waals surface area contributed by atoms with Crippen LogP contribution in [0, 0.1) is 13.0 Å². The van der Waals surface area contributed by atoms with E-state index < -0.39 is 0 Å². The zero-order chi connectivity index (χ0) is 14.6. The maximum Gasteiger partial charge on any atom is 0.127 e. The second-order valence-corrected chi connectivity index (χ2v) is 7.02. The molecule has 1 radical (unpaired) electrons. The highest BCUT2D eigenvalue weighted by atomic mass is 16.5. The standard InChI is InChI=1S/C20H21O/c1-13-6-4-7-14-10-11-16(18(13)14)17-9-5-8-15-12-20(2,3)21-19(15)17/h4-6,8-9,16H,10-12H2,1-3H3. The predicted octanol–water partition coefficient (Wildman–Crippen LogP) is 4.59. The Morgan fingerprint density at radius 2 is 2.10 bits per heavy atom. The summed E-state index contributed by atoms with van der Waals surface area (Å²) in [5.74, 6) is 1.62. The highest BCUT2D eigenvalue weighted by Crippen LogP contribution is 2.47. The highest BCUT2D eigenvalue weighted by molar-refractivity contribution is 5.54. The molecule has 1 aliphatic heterocycles. The third-order valence-corrected chi connectivity index (χ3v) is 4.87. The summed E-state index contributed by atoms with van der Waals surface area (Å²) in [4.78, 5) is 0. The second-order valence-electron chi connectivity index (χ2n) is 7.02. The molecule has 1 heterocycles. The summed E-state index contributed by atoms with van der Waals surface area (Å²) in [5, 5.41) is 0. The molecule has 0 saturated heterocycles. The quantitative estimate of drug-likeness (QED) is 0.741. The average Bonchev–Trinajstić information content (AvgIpc) is 2.98. The van der Waals surface area contributed by atoms with E-state index >= 15 is 0 Å². The molecular weight excluding hydrogens is 256 g/mol. The molecule has 1 aliphatic carbocycles. The molecule has 0 aromatic heterocycles. The van der Waals surface area contributed by atoms with Gasteiger partial charge in [-0.15, -0.1) is 0 Å². The van der Waals surface area contributed by atoms with Crippen molar-refractivity contribution in [2.24, 2.45) is 0 Å². The van der Waals surface area contributed by atoms with Gasteiger partial charge in [0.2, 0.25) is 0 Å². The monoisotopic (exact) mass is 277 g/mol. The van der Waals surface area contributed by atoms with Gasteiger partial charge in [-0.3, -0.25) is 0 Å². The fraction of sp³-hybridized carbons (Fsp3) is 0.400. The highest BCUT2D eigenvalue weighted by Gasteiger charge is 2.35. The van der Waals surface area contributed by atoms with Gasteiger partial charge in [-0.2, -0.15) is 0 Å². The van der Waals surface area contributed by atoms with Gasteiger partial charge in [0.15, 0.2) is 0 Å². The van der Waals surface area contributed by atoms with Crippen LogP contribution in [-0.4, -0.2) is 5.60 Å². The van der Waals surface area contributed by atoms with E-state index in [2.05, 4.69) is 57.2 Å². The third-order valence-electron chi connectivity index (χ3n) is 4.87. The summed E-state index contributed by atoms with van der Waals surface area (Å²) in [6.45, 7) is 6.58. The number of aryl methyl sites for hydroxylation is 2. The molecule has 2 aliphatic rings. The van der Waals surface area contributed by atoms with Crippen LogP contribution < -0.4 is 4.74 Å². The molecule has 21 heavy (non-hydrogen) atoms. The van der Waals surface area contributed by atoms with Gasteiger partial charge in [-0.1, -0.05) is 30.3 Å². The van der Waals surface area contributed by atoms with Crippen LogP contribution in [0.5, 0.6) is 5.75 Å². The molecule has 2 aromatic rings. The summed E-state index contributed by atoms with van der Waals surface area (Å²) in [6, 6.07) is 14.3. The van der Waals surface area contributed by atoms with E-state index in [4.69, 9.17) is 4.74 Å². The van der Waals surface area contributed by atoms with E-state index in [1.54, 1.807) is 0 Å². The molecule has 1 atom stereocenters.